The third-order valence-electron chi connectivity index (χ3n) is 2.23. The molecule has 4 heteroatoms. The first-order valence-corrected chi connectivity index (χ1v) is 3.47. The standard InChI is InChI=1S/C7H13FO3/c1-6(9)4-11-5(10-3)7(6,2)8/h5,9H,4H2,1-3H3/t5?,6?,7-/m0/s1. The third kappa shape index (κ3) is 1.15. The maximum atomic E-state index is 13.6. The molecule has 1 rings (SSSR count). The molecule has 1 fully saturated rings. The van der Waals surface area contributed by atoms with Crippen LogP contribution in [0.5, 0.6) is 0 Å². The van der Waals surface area contributed by atoms with Gasteiger partial charge in [0.15, 0.2) is 12.0 Å². The number of alkyl halides is 1. The van der Waals surface area contributed by atoms with E-state index in [-0.39, 0.29) is 6.61 Å². The highest BCUT2D eigenvalue weighted by Gasteiger charge is 2.57. The normalized spacial score (nSPS) is 51.5. The molecule has 0 aromatic rings. The van der Waals surface area contributed by atoms with Gasteiger partial charge in [-0.3, -0.25) is 0 Å². The van der Waals surface area contributed by atoms with Gasteiger partial charge in [0.05, 0.1) is 6.61 Å². The molecule has 0 saturated carbocycles. The maximum absolute atomic E-state index is 13.6. The molecule has 0 bridgehead atoms. The predicted molar refractivity (Wildman–Crippen MR) is 36.9 cm³/mol. The van der Waals surface area contributed by atoms with Gasteiger partial charge in [-0.2, -0.15) is 0 Å². The topological polar surface area (TPSA) is 38.7 Å². The highest BCUT2D eigenvalue weighted by Crippen LogP contribution is 2.38. The van der Waals surface area contributed by atoms with Gasteiger partial charge in [-0.1, -0.05) is 0 Å². The summed E-state index contributed by atoms with van der Waals surface area (Å²) in [7, 11) is 1.35. The van der Waals surface area contributed by atoms with Gasteiger partial charge in [0, 0.05) is 7.11 Å². The number of hydrogen-bond donors (Lipinski definition) is 1. The van der Waals surface area contributed by atoms with Crippen LogP contribution < -0.4 is 0 Å². The van der Waals surface area contributed by atoms with Gasteiger partial charge in [0.25, 0.3) is 0 Å². The fraction of sp³-hybridized carbons (Fsp3) is 1.00. The largest absolute Gasteiger partial charge is 0.384 e. The van der Waals surface area contributed by atoms with Crippen LogP contribution in [-0.4, -0.2) is 36.4 Å². The summed E-state index contributed by atoms with van der Waals surface area (Å²) in [5.74, 6) is 0. The number of rotatable bonds is 1. The molecule has 1 heterocycles. The molecule has 0 aromatic heterocycles. The van der Waals surface area contributed by atoms with Crippen molar-refractivity contribution in [2.75, 3.05) is 13.7 Å². The van der Waals surface area contributed by atoms with Gasteiger partial charge in [0.2, 0.25) is 0 Å². The monoisotopic (exact) mass is 164 g/mol. The van der Waals surface area contributed by atoms with Crippen molar-refractivity contribution in [1.82, 2.24) is 0 Å². The average molecular weight is 164 g/mol. The molecular formula is C7H13FO3. The summed E-state index contributed by atoms with van der Waals surface area (Å²) in [5, 5.41) is 9.44. The summed E-state index contributed by atoms with van der Waals surface area (Å²) in [6.07, 6.45) is -0.961. The molecule has 0 amide bonds. The lowest BCUT2D eigenvalue weighted by Gasteiger charge is -2.29. The molecular weight excluding hydrogens is 151 g/mol. The summed E-state index contributed by atoms with van der Waals surface area (Å²) in [6, 6.07) is 0. The van der Waals surface area contributed by atoms with Crippen LogP contribution in [0.2, 0.25) is 0 Å². The van der Waals surface area contributed by atoms with E-state index in [9.17, 15) is 9.50 Å². The Bertz CT molecular complexity index is 156. The molecule has 1 N–H and O–H groups in total. The quantitative estimate of drug-likeness (QED) is 0.612. The Labute approximate surface area is 65.1 Å². The van der Waals surface area contributed by atoms with Gasteiger partial charge in [0.1, 0.15) is 5.60 Å². The Morgan fingerprint density at radius 1 is 1.64 bits per heavy atom. The predicted octanol–water partition coefficient (Wildman–Crippen LogP) is 0.468. The van der Waals surface area contributed by atoms with E-state index in [1.54, 1.807) is 0 Å². The first kappa shape index (κ1) is 8.90. The third-order valence-corrected chi connectivity index (χ3v) is 2.23. The minimum Gasteiger partial charge on any atom is -0.384 e. The minimum absolute atomic E-state index is 0.0293. The highest BCUT2D eigenvalue weighted by atomic mass is 19.1. The number of halogens is 1. The van der Waals surface area contributed by atoms with Crippen LogP contribution >= 0.6 is 0 Å². The zero-order valence-electron chi connectivity index (χ0n) is 6.93. The van der Waals surface area contributed by atoms with E-state index < -0.39 is 17.6 Å². The molecule has 3 atom stereocenters. The summed E-state index contributed by atoms with van der Waals surface area (Å²) in [4.78, 5) is 0. The molecule has 0 aliphatic carbocycles. The van der Waals surface area contributed by atoms with E-state index in [0.717, 1.165) is 0 Å². The maximum Gasteiger partial charge on any atom is 0.194 e. The second-order valence-electron chi connectivity index (χ2n) is 3.23. The van der Waals surface area contributed by atoms with Crippen LogP contribution in [0.1, 0.15) is 13.8 Å². The fourth-order valence-corrected chi connectivity index (χ4v) is 1.08. The van der Waals surface area contributed by atoms with E-state index in [2.05, 4.69) is 0 Å². The van der Waals surface area contributed by atoms with Gasteiger partial charge < -0.3 is 14.6 Å². The van der Waals surface area contributed by atoms with Gasteiger partial charge >= 0.3 is 0 Å². The van der Waals surface area contributed by atoms with E-state index in [1.807, 2.05) is 0 Å². The lowest BCUT2D eigenvalue weighted by molar-refractivity contribution is -0.158. The zero-order chi connectivity index (χ0) is 8.70. The number of hydrogen-bond acceptors (Lipinski definition) is 3. The molecule has 0 radical (unpaired) electrons. The van der Waals surface area contributed by atoms with Gasteiger partial charge in [-0.15, -0.1) is 0 Å². The number of methoxy groups -OCH3 is 1. The van der Waals surface area contributed by atoms with Crippen molar-refractivity contribution in [2.45, 2.75) is 31.4 Å². The highest BCUT2D eigenvalue weighted by molar-refractivity contribution is 5.01. The van der Waals surface area contributed by atoms with E-state index in [0.29, 0.717) is 0 Å². The van der Waals surface area contributed by atoms with Crippen molar-refractivity contribution in [3.05, 3.63) is 0 Å². The summed E-state index contributed by atoms with van der Waals surface area (Å²) >= 11 is 0. The Balaban J connectivity index is 2.81. The molecule has 11 heavy (non-hydrogen) atoms. The molecule has 1 aliphatic rings. The zero-order valence-corrected chi connectivity index (χ0v) is 6.93. The Morgan fingerprint density at radius 2 is 2.18 bits per heavy atom. The van der Waals surface area contributed by atoms with Crippen molar-refractivity contribution in [3.8, 4) is 0 Å². The Morgan fingerprint density at radius 3 is 2.36 bits per heavy atom. The lowest BCUT2D eigenvalue weighted by atomic mass is 9.90. The van der Waals surface area contributed by atoms with Crippen LogP contribution in [0.4, 0.5) is 4.39 Å². The molecule has 1 saturated heterocycles. The van der Waals surface area contributed by atoms with Crippen molar-refractivity contribution >= 4 is 0 Å². The van der Waals surface area contributed by atoms with Gasteiger partial charge in [-0.05, 0) is 13.8 Å². The second-order valence-corrected chi connectivity index (χ2v) is 3.23. The summed E-state index contributed by atoms with van der Waals surface area (Å²) in [6.45, 7) is 2.64. The van der Waals surface area contributed by atoms with Gasteiger partial charge in [-0.25, -0.2) is 4.39 Å². The van der Waals surface area contributed by atoms with E-state index in [4.69, 9.17) is 9.47 Å². The first-order valence-electron chi connectivity index (χ1n) is 3.47. The first-order chi connectivity index (χ1) is 4.92. The molecule has 66 valence electrons. The van der Waals surface area contributed by atoms with Crippen molar-refractivity contribution in [3.63, 3.8) is 0 Å². The van der Waals surface area contributed by atoms with Crippen molar-refractivity contribution < 1.29 is 19.0 Å². The smallest absolute Gasteiger partial charge is 0.194 e. The SMILES string of the molecule is COC1OCC(C)(O)[C@@]1(C)F. The Hall–Kier alpha value is -0.190. The van der Waals surface area contributed by atoms with Crippen LogP contribution in [0.15, 0.2) is 0 Å². The molecule has 2 unspecified atom stereocenters. The van der Waals surface area contributed by atoms with Crippen molar-refractivity contribution in [2.24, 2.45) is 0 Å². The fourth-order valence-electron chi connectivity index (χ4n) is 1.08. The summed E-state index contributed by atoms with van der Waals surface area (Å²) in [5.41, 5.74) is -3.28. The van der Waals surface area contributed by atoms with E-state index in [1.165, 1.54) is 21.0 Å². The van der Waals surface area contributed by atoms with Crippen LogP contribution in [0, 0.1) is 0 Å². The molecule has 0 spiro atoms. The number of aliphatic hydroxyl groups is 1. The molecule has 1 aliphatic heterocycles. The van der Waals surface area contributed by atoms with Crippen molar-refractivity contribution in [1.29, 1.82) is 0 Å². The molecule has 0 aromatic carbocycles. The lowest BCUT2D eigenvalue weighted by Crippen LogP contribution is -2.49. The van der Waals surface area contributed by atoms with Crippen LogP contribution in [-0.2, 0) is 9.47 Å². The van der Waals surface area contributed by atoms with Crippen LogP contribution in [0.25, 0.3) is 0 Å². The average Bonchev–Trinajstić information content (AvgIpc) is 2.05. The number of ether oxygens (including phenoxy) is 2. The van der Waals surface area contributed by atoms with E-state index >= 15 is 0 Å². The van der Waals surface area contributed by atoms with Crippen LogP contribution in [0.3, 0.4) is 0 Å². The Kier molecular flexibility index (Phi) is 1.94. The second kappa shape index (κ2) is 2.40. The summed E-state index contributed by atoms with van der Waals surface area (Å²) < 4.78 is 23.1. The minimum atomic E-state index is -1.83. The molecule has 3 nitrogen and oxygen atoms in total.